The lowest BCUT2D eigenvalue weighted by molar-refractivity contribution is -0.203. The number of hydroxylamine groups is 1. The molecule has 164 valence electrons. The lowest BCUT2D eigenvalue weighted by Gasteiger charge is -2.46. The summed E-state index contributed by atoms with van der Waals surface area (Å²) >= 11 is 0. The number of rotatable bonds is 5. The van der Waals surface area contributed by atoms with E-state index in [1.807, 2.05) is 0 Å². The van der Waals surface area contributed by atoms with Gasteiger partial charge in [-0.25, -0.2) is 14.6 Å². The van der Waals surface area contributed by atoms with E-state index in [4.69, 9.17) is 5.73 Å². The largest absolute Gasteiger partial charge is 0.752 e. The standard InChI is InChI=1S/C19H16F3N4O5/c20-19(21,22)18(29)31-17(28)15-12(8-10-6-7-24-13(23)9-10)14(25-15)16(27)26(30)11-4-2-1-3-5-11/h1-7,9,12,14-15,25H,8H2,(H2,23,24)/q-1. The first-order valence-corrected chi connectivity index (χ1v) is 8.93. The van der Waals surface area contributed by atoms with Crippen molar-refractivity contribution < 1.29 is 32.3 Å². The van der Waals surface area contributed by atoms with Crippen LogP contribution in [0.3, 0.4) is 0 Å². The zero-order chi connectivity index (χ0) is 22.8. The molecule has 0 radical (unpaired) electrons. The average Bonchev–Trinajstić information content (AvgIpc) is 2.70. The maximum absolute atomic E-state index is 12.7. The van der Waals surface area contributed by atoms with Gasteiger partial charge in [0.25, 0.3) is 0 Å². The quantitative estimate of drug-likeness (QED) is 0.406. The molecule has 0 spiro atoms. The van der Waals surface area contributed by atoms with Gasteiger partial charge in [0.15, 0.2) is 0 Å². The highest BCUT2D eigenvalue weighted by Crippen LogP contribution is 2.30. The molecule has 3 atom stereocenters. The van der Waals surface area contributed by atoms with E-state index in [-0.39, 0.29) is 23.0 Å². The number of anilines is 2. The monoisotopic (exact) mass is 437 g/mol. The van der Waals surface area contributed by atoms with Gasteiger partial charge in [-0.2, -0.15) is 13.2 Å². The molecule has 1 saturated heterocycles. The van der Waals surface area contributed by atoms with Crippen molar-refractivity contribution in [3.05, 3.63) is 59.4 Å². The molecule has 1 fully saturated rings. The van der Waals surface area contributed by atoms with E-state index in [9.17, 15) is 32.8 Å². The van der Waals surface area contributed by atoms with Crippen molar-refractivity contribution in [3.8, 4) is 0 Å². The predicted molar refractivity (Wildman–Crippen MR) is 101 cm³/mol. The average molecular weight is 437 g/mol. The summed E-state index contributed by atoms with van der Waals surface area (Å²) < 4.78 is 41.1. The van der Waals surface area contributed by atoms with E-state index in [1.54, 1.807) is 18.2 Å². The van der Waals surface area contributed by atoms with E-state index in [0.717, 1.165) is 0 Å². The van der Waals surface area contributed by atoms with Crippen LogP contribution in [-0.4, -0.2) is 41.1 Å². The highest BCUT2D eigenvalue weighted by molar-refractivity contribution is 6.01. The van der Waals surface area contributed by atoms with Gasteiger partial charge in [0, 0.05) is 17.8 Å². The van der Waals surface area contributed by atoms with Crippen molar-refractivity contribution in [1.82, 2.24) is 10.3 Å². The maximum Gasteiger partial charge on any atom is 0.491 e. The van der Waals surface area contributed by atoms with Crippen LogP contribution in [0.1, 0.15) is 5.56 Å². The molecular weight excluding hydrogens is 421 g/mol. The SMILES string of the molecule is Nc1cc(CC2C(C(=O)OC(=O)C(F)(F)F)NC2C(=O)N([O-])c2ccccc2)ccn1. The number of pyridine rings is 1. The fraction of sp³-hybridized carbons (Fsp3) is 0.263. The Morgan fingerprint density at radius 2 is 1.84 bits per heavy atom. The van der Waals surface area contributed by atoms with Gasteiger partial charge in [-0.05, 0) is 36.2 Å². The smallest absolute Gasteiger partial charge is 0.491 e. The van der Waals surface area contributed by atoms with Crippen LogP contribution in [0.15, 0.2) is 48.7 Å². The predicted octanol–water partition coefficient (Wildman–Crippen LogP) is 1.33. The molecule has 0 bridgehead atoms. The number of amides is 1. The van der Waals surface area contributed by atoms with Gasteiger partial charge in [-0.15, -0.1) is 0 Å². The third-order valence-corrected chi connectivity index (χ3v) is 4.67. The molecule has 1 aliphatic rings. The summed E-state index contributed by atoms with van der Waals surface area (Å²) in [4.78, 5) is 39.6. The fourth-order valence-corrected chi connectivity index (χ4v) is 3.17. The third kappa shape index (κ3) is 4.98. The van der Waals surface area contributed by atoms with Crippen LogP contribution in [0.2, 0.25) is 0 Å². The topological polar surface area (TPSA) is 138 Å². The highest BCUT2D eigenvalue weighted by Gasteiger charge is 2.52. The minimum atomic E-state index is -5.36. The number of benzene rings is 1. The van der Waals surface area contributed by atoms with Gasteiger partial charge in [-0.3, -0.25) is 10.1 Å². The number of hydrogen-bond acceptors (Lipinski definition) is 8. The number of halogens is 3. The molecule has 31 heavy (non-hydrogen) atoms. The van der Waals surface area contributed by atoms with Crippen molar-refractivity contribution in [1.29, 1.82) is 0 Å². The van der Waals surface area contributed by atoms with Crippen LogP contribution in [0, 0.1) is 11.1 Å². The number of carbonyl (C=O) groups excluding carboxylic acids is 3. The maximum atomic E-state index is 12.7. The second-order valence-corrected chi connectivity index (χ2v) is 6.75. The summed E-state index contributed by atoms with van der Waals surface area (Å²) in [6.45, 7) is 0. The van der Waals surface area contributed by atoms with Crippen LogP contribution >= 0.6 is 0 Å². The Hall–Kier alpha value is -3.51. The molecule has 1 aliphatic heterocycles. The lowest BCUT2D eigenvalue weighted by Crippen LogP contribution is -2.70. The third-order valence-electron chi connectivity index (χ3n) is 4.67. The molecule has 12 heteroatoms. The summed E-state index contributed by atoms with van der Waals surface area (Å²) in [5, 5.41) is 15.0. The van der Waals surface area contributed by atoms with Crippen LogP contribution in [0.5, 0.6) is 0 Å². The number of ether oxygens (including phenoxy) is 1. The van der Waals surface area contributed by atoms with Crippen molar-refractivity contribution >= 4 is 29.4 Å². The minimum Gasteiger partial charge on any atom is -0.752 e. The van der Waals surface area contributed by atoms with E-state index in [2.05, 4.69) is 15.0 Å². The number of carbonyl (C=O) groups is 3. The second kappa shape index (κ2) is 8.70. The molecule has 3 unspecified atom stereocenters. The summed E-state index contributed by atoms with van der Waals surface area (Å²) in [5.41, 5.74) is 6.17. The first kappa shape index (κ1) is 22.2. The number of nitrogens with zero attached hydrogens (tertiary/aromatic N) is 2. The summed E-state index contributed by atoms with van der Waals surface area (Å²) in [6, 6.07) is 7.89. The zero-order valence-electron chi connectivity index (χ0n) is 15.7. The van der Waals surface area contributed by atoms with Crippen molar-refractivity contribution in [2.45, 2.75) is 24.7 Å². The molecule has 1 aromatic carbocycles. The molecule has 2 aromatic rings. The van der Waals surface area contributed by atoms with Crippen LogP contribution < -0.4 is 16.1 Å². The van der Waals surface area contributed by atoms with Crippen molar-refractivity contribution in [2.75, 3.05) is 10.8 Å². The highest BCUT2D eigenvalue weighted by atomic mass is 19.4. The molecular formula is C19H16F3N4O5-. The van der Waals surface area contributed by atoms with E-state index in [1.165, 1.54) is 30.5 Å². The summed E-state index contributed by atoms with van der Waals surface area (Å²) in [5.74, 6) is -5.95. The molecule has 2 heterocycles. The lowest BCUT2D eigenvalue weighted by atomic mass is 9.77. The summed E-state index contributed by atoms with van der Waals surface area (Å²) in [6.07, 6.45) is -4.00. The van der Waals surface area contributed by atoms with Gasteiger partial charge in [0.1, 0.15) is 11.9 Å². The number of alkyl halides is 3. The van der Waals surface area contributed by atoms with Crippen LogP contribution in [-0.2, 0) is 25.5 Å². The molecule has 0 saturated carbocycles. The van der Waals surface area contributed by atoms with Gasteiger partial charge >= 0.3 is 18.1 Å². The zero-order valence-corrected chi connectivity index (χ0v) is 15.7. The second-order valence-electron chi connectivity index (χ2n) is 6.75. The minimum absolute atomic E-state index is 0.0151. The number of nitrogens with two attached hydrogens (primary N) is 1. The molecule has 1 amide bonds. The number of para-hydroxylation sites is 1. The number of nitrogens with one attached hydrogen (secondary N) is 1. The number of nitrogen functional groups attached to an aromatic ring is 1. The Morgan fingerprint density at radius 3 is 2.45 bits per heavy atom. The normalized spacial score (nSPS) is 20.5. The Kier molecular flexibility index (Phi) is 6.22. The molecule has 9 nitrogen and oxygen atoms in total. The Balaban J connectivity index is 1.80. The van der Waals surface area contributed by atoms with Crippen LogP contribution in [0.4, 0.5) is 24.7 Å². The Labute approximate surface area is 173 Å². The number of esters is 2. The fourth-order valence-electron chi connectivity index (χ4n) is 3.17. The Morgan fingerprint density at radius 1 is 1.16 bits per heavy atom. The van der Waals surface area contributed by atoms with E-state index < -0.39 is 42.0 Å². The Bertz CT molecular complexity index is 986. The van der Waals surface area contributed by atoms with Gasteiger partial charge in [-0.1, -0.05) is 18.2 Å². The first-order valence-electron chi connectivity index (χ1n) is 8.93. The summed E-state index contributed by atoms with van der Waals surface area (Å²) in [7, 11) is 0. The van der Waals surface area contributed by atoms with Gasteiger partial charge < -0.3 is 20.7 Å². The molecule has 3 N–H and O–H groups in total. The van der Waals surface area contributed by atoms with Gasteiger partial charge in [0.2, 0.25) is 5.91 Å². The van der Waals surface area contributed by atoms with Crippen molar-refractivity contribution in [2.24, 2.45) is 5.92 Å². The first-order chi connectivity index (χ1) is 14.6. The molecule has 1 aromatic heterocycles. The molecule has 3 rings (SSSR count). The number of hydrogen-bond donors (Lipinski definition) is 2. The van der Waals surface area contributed by atoms with E-state index in [0.29, 0.717) is 5.56 Å². The van der Waals surface area contributed by atoms with Crippen LogP contribution in [0.25, 0.3) is 0 Å². The van der Waals surface area contributed by atoms with Crippen molar-refractivity contribution in [3.63, 3.8) is 0 Å². The van der Waals surface area contributed by atoms with Gasteiger partial charge in [0.05, 0.1) is 6.04 Å². The van der Waals surface area contributed by atoms with E-state index >= 15 is 0 Å². The number of aromatic nitrogens is 1. The molecule has 0 aliphatic carbocycles.